The summed E-state index contributed by atoms with van der Waals surface area (Å²) in [5.74, 6) is -0.965. The van der Waals surface area contributed by atoms with E-state index in [0.717, 1.165) is 11.1 Å². The maximum absolute atomic E-state index is 12.4. The van der Waals surface area contributed by atoms with E-state index < -0.39 is 5.97 Å². The summed E-state index contributed by atoms with van der Waals surface area (Å²) in [5.41, 5.74) is 9.62. The predicted molar refractivity (Wildman–Crippen MR) is 113 cm³/mol. The second kappa shape index (κ2) is 10.1. The molecule has 0 aliphatic carbocycles. The number of carbonyl (C=O) groups excluding carboxylic acids is 1. The molecule has 9 nitrogen and oxygen atoms in total. The van der Waals surface area contributed by atoms with Crippen molar-refractivity contribution < 1.29 is 14.7 Å². The summed E-state index contributed by atoms with van der Waals surface area (Å²) < 4.78 is 1.67. The SMILES string of the molecule is Nc1ccc(-c2cccnc2)cc1NC(=O)CCc1cn(CCCCC(=O)O)nn1. The van der Waals surface area contributed by atoms with Gasteiger partial charge in [0.1, 0.15) is 0 Å². The monoisotopic (exact) mass is 408 g/mol. The molecular weight excluding hydrogens is 384 g/mol. The smallest absolute Gasteiger partial charge is 0.303 e. The van der Waals surface area contributed by atoms with Crippen molar-refractivity contribution in [1.29, 1.82) is 0 Å². The minimum atomic E-state index is -0.799. The Morgan fingerprint density at radius 3 is 2.77 bits per heavy atom. The lowest BCUT2D eigenvalue weighted by molar-refractivity contribution is -0.137. The molecular formula is C21H24N6O3. The summed E-state index contributed by atoms with van der Waals surface area (Å²) in [6.45, 7) is 0.601. The number of aliphatic carboxylic acids is 1. The summed E-state index contributed by atoms with van der Waals surface area (Å²) in [6.07, 6.45) is 7.38. The topological polar surface area (TPSA) is 136 Å². The van der Waals surface area contributed by atoms with Crippen molar-refractivity contribution in [2.24, 2.45) is 0 Å². The van der Waals surface area contributed by atoms with Crippen LogP contribution in [0.25, 0.3) is 11.1 Å². The minimum absolute atomic E-state index is 0.146. The number of anilines is 2. The van der Waals surface area contributed by atoms with Gasteiger partial charge in [0.05, 0.1) is 17.1 Å². The zero-order valence-electron chi connectivity index (χ0n) is 16.5. The van der Waals surface area contributed by atoms with E-state index in [1.54, 1.807) is 29.3 Å². The first kappa shape index (κ1) is 21.0. The highest BCUT2D eigenvalue weighted by Gasteiger charge is 2.10. The van der Waals surface area contributed by atoms with Crippen LogP contribution < -0.4 is 11.1 Å². The molecule has 156 valence electrons. The van der Waals surface area contributed by atoms with Crippen molar-refractivity contribution in [2.75, 3.05) is 11.1 Å². The summed E-state index contributed by atoms with van der Waals surface area (Å²) in [4.78, 5) is 27.0. The number of nitrogen functional groups attached to an aromatic ring is 1. The summed E-state index contributed by atoms with van der Waals surface area (Å²) in [5, 5.41) is 19.6. The number of carboxylic acids is 1. The first-order chi connectivity index (χ1) is 14.5. The van der Waals surface area contributed by atoms with E-state index in [0.29, 0.717) is 42.9 Å². The average molecular weight is 408 g/mol. The Bertz CT molecular complexity index is 1000. The van der Waals surface area contributed by atoms with Crippen molar-refractivity contribution in [3.8, 4) is 11.1 Å². The molecule has 0 saturated carbocycles. The molecule has 30 heavy (non-hydrogen) atoms. The van der Waals surface area contributed by atoms with Crippen molar-refractivity contribution in [1.82, 2.24) is 20.0 Å². The van der Waals surface area contributed by atoms with Gasteiger partial charge in [-0.3, -0.25) is 19.3 Å². The van der Waals surface area contributed by atoms with Gasteiger partial charge in [0.15, 0.2) is 0 Å². The summed E-state index contributed by atoms with van der Waals surface area (Å²) >= 11 is 0. The van der Waals surface area contributed by atoms with Crippen LogP contribution in [0.4, 0.5) is 11.4 Å². The van der Waals surface area contributed by atoms with Gasteiger partial charge < -0.3 is 16.2 Å². The molecule has 1 amide bonds. The van der Waals surface area contributed by atoms with E-state index in [9.17, 15) is 9.59 Å². The van der Waals surface area contributed by atoms with Gasteiger partial charge in [0, 0.05) is 50.0 Å². The molecule has 4 N–H and O–H groups in total. The number of amides is 1. The minimum Gasteiger partial charge on any atom is -0.481 e. The van der Waals surface area contributed by atoms with Crippen LogP contribution in [0.1, 0.15) is 31.4 Å². The quantitative estimate of drug-likeness (QED) is 0.346. The lowest BCUT2D eigenvalue weighted by Crippen LogP contribution is -2.13. The third-order valence-electron chi connectivity index (χ3n) is 4.54. The Labute approximate surface area is 173 Å². The number of nitrogens with zero attached hydrogens (tertiary/aromatic N) is 4. The van der Waals surface area contributed by atoms with Gasteiger partial charge in [-0.05, 0) is 36.6 Å². The molecule has 3 rings (SSSR count). The molecule has 2 aromatic heterocycles. The Morgan fingerprint density at radius 1 is 1.13 bits per heavy atom. The lowest BCUT2D eigenvalue weighted by atomic mass is 10.1. The molecule has 0 unspecified atom stereocenters. The number of unbranched alkanes of at least 4 members (excludes halogenated alkanes) is 1. The molecule has 0 aliphatic heterocycles. The van der Waals surface area contributed by atoms with Gasteiger partial charge in [-0.15, -0.1) is 5.10 Å². The molecule has 0 spiro atoms. The van der Waals surface area contributed by atoms with Gasteiger partial charge >= 0.3 is 5.97 Å². The van der Waals surface area contributed by atoms with E-state index in [-0.39, 0.29) is 18.7 Å². The van der Waals surface area contributed by atoms with Gasteiger partial charge in [-0.1, -0.05) is 17.3 Å². The van der Waals surface area contributed by atoms with Gasteiger partial charge in [0.25, 0.3) is 0 Å². The van der Waals surface area contributed by atoms with Crippen LogP contribution in [0.2, 0.25) is 0 Å². The predicted octanol–water partition coefficient (Wildman–Crippen LogP) is 2.75. The molecule has 1 aromatic carbocycles. The molecule has 0 fully saturated rings. The van der Waals surface area contributed by atoms with Gasteiger partial charge in [0.2, 0.25) is 5.91 Å². The van der Waals surface area contributed by atoms with Gasteiger partial charge in [-0.25, -0.2) is 0 Å². The van der Waals surface area contributed by atoms with E-state index >= 15 is 0 Å². The fraction of sp³-hybridized carbons (Fsp3) is 0.286. The highest BCUT2D eigenvalue weighted by molar-refractivity contribution is 5.95. The van der Waals surface area contributed by atoms with Crippen LogP contribution >= 0.6 is 0 Å². The number of hydrogen-bond donors (Lipinski definition) is 3. The van der Waals surface area contributed by atoms with Crippen LogP contribution in [0.3, 0.4) is 0 Å². The molecule has 2 heterocycles. The first-order valence-corrected chi connectivity index (χ1v) is 9.72. The highest BCUT2D eigenvalue weighted by Crippen LogP contribution is 2.27. The van der Waals surface area contributed by atoms with Crippen LogP contribution in [-0.4, -0.2) is 37.0 Å². The third kappa shape index (κ3) is 6.13. The van der Waals surface area contributed by atoms with Crippen LogP contribution in [0.5, 0.6) is 0 Å². The van der Waals surface area contributed by atoms with Crippen molar-refractivity contribution in [2.45, 2.75) is 38.6 Å². The number of nitrogens with one attached hydrogen (secondary N) is 1. The fourth-order valence-corrected chi connectivity index (χ4v) is 2.94. The standard InChI is InChI=1S/C21H24N6O3/c22-18-8-6-15(16-4-3-10-23-13-16)12-19(18)24-20(28)9-7-17-14-27(26-25-17)11-2-1-5-21(29)30/h3-4,6,8,10,12-14H,1-2,5,7,9,11,22H2,(H,24,28)(H,29,30). The second-order valence-electron chi connectivity index (χ2n) is 6.92. The number of rotatable bonds is 10. The molecule has 9 heteroatoms. The number of carbonyl (C=O) groups is 2. The largest absolute Gasteiger partial charge is 0.481 e. The number of carboxylic acid groups (broad SMARTS) is 1. The Kier molecular flexibility index (Phi) is 7.09. The van der Waals surface area contributed by atoms with E-state index in [2.05, 4.69) is 20.6 Å². The van der Waals surface area contributed by atoms with E-state index in [1.807, 2.05) is 24.3 Å². The highest BCUT2D eigenvalue weighted by atomic mass is 16.4. The number of nitrogens with two attached hydrogens (primary N) is 1. The Morgan fingerprint density at radius 2 is 2.00 bits per heavy atom. The maximum atomic E-state index is 12.4. The summed E-state index contributed by atoms with van der Waals surface area (Å²) in [7, 11) is 0. The van der Waals surface area contributed by atoms with Crippen LogP contribution in [0, 0.1) is 0 Å². The Hall–Kier alpha value is -3.75. The first-order valence-electron chi connectivity index (χ1n) is 9.72. The molecule has 0 bridgehead atoms. The fourth-order valence-electron chi connectivity index (χ4n) is 2.94. The van der Waals surface area contributed by atoms with E-state index in [1.165, 1.54) is 0 Å². The number of aromatic nitrogens is 4. The second-order valence-corrected chi connectivity index (χ2v) is 6.92. The third-order valence-corrected chi connectivity index (χ3v) is 4.54. The molecule has 0 radical (unpaired) electrons. The van der Waals surface area contributed by atoms with Crippen molar-refractivity contribution in [3.05, 3.63) is 54.6 Å². The lowest BCUT2D eigenvalue weighted by Gasteiger charge is -2.10. The number of pyridine rings is 1. The molecule has 0 aliphatic rings. The molecule has 0 saturated heterocycles. The Balaban J connectivity index is 1.51. The normalized spacial score (nSPS) is 10.7. The molecule has 3 aromatic rings. The average Bonchev–Trinajstić information content (AvgIpc) is 3.20. The molecule has 0 atom stereocenters. The van der Waals surface area contributed by atoms with Crippen LogP contribution in [0.15, 0.2) is 48.9 Å². The zero-order chi connectivity index (χ0) is 21.3. The maximum Gasteiger partial charge on any atom is 0.303 e. The van der Waals surface area contributed by atoms with Crippen molar-refractivity contribution >= 4 is 23.3 Å². The van der Waals surface area contributed by atoms with Gasteiger partial charge in [-0.2, -0.15) is 0 Å². The van der Waals surface area contributed by atoms with Crippen LogP contribution in [-0.2, 0) is 22.6 Å². The zero-order valence-corrected chi connectivity index (χ0v) is 16.5. The number of hydrogen-bond acceptors (Lipinski definition) is 6. The van der Waals surface area contributed by atoms with E-state index in [4.69, 9.17) is 10.8 Å². The number of benzene rings is 1. The van der Waals surface area contributed by atoms with Crippen molar-refractivity contribution in [3.63, 3.8) is 0 Å². The summed E-state index contributed by atoms with van der Waals surface area (Å²) in [6, 6.07) is 9.26. The number of aryl methyl sites for hydroxylation is 2.